The van der Waals surface area contributed by atoms with Crippen LogP contribution >= 0.6 is 24.2 Å². The highest BCUT2D eigenvalue weighted by atomic mass is 35.5. The Morgan fingerprint density at radius 1 is 1.23 bits per heavy atom. The molecule has 1 aromatic heterocycles. The summed E-state index contributed by atoms with van der Waals surface area (Å²) in [6, 6.07) is 6.47. The minimum atomic E-state index is -0.397. The van der Waals surface area contributed by atoms with E-state index in [1.54, 1.807) is 23.9 Å². The van der Waals surface area contributed by atoms with E-state index in [-0.39, 0.29) is 18.2 Å². The van der Waals surface area contributed by atoms with Gasteiger partial charge in [-0.25, -0.2) is 4.39 Å². The van der Waals surface area contributed by atoms with Crippen LogP contribution in [-0.2, 0) is 12.0 Å². The number of thioether (sulfide) groups is 1. The summed E-state index contributed by atoms with van der Waals surface area (Å²) in [7, 11) is 0. The van der Waals surface area contributed by atoms with Crippen LogP contribution in [0, 0.1) is 5.82 Å². The van der Waals surface area contributed by atoms with Crippen LogP contribution in [-0.4, -0.2) is 15.9 Å². The maximum absolute atomic E-state index is 12.8. The Morgan fingerprint density at radius 3 is 2.59 bits per heavy atom. The van der Waals surface area contributed by atoms with E-state index >= 15 is 0 Å². The molecule has 0 unspecified atom stereocenters. The van der Waals surface area contributed by atoms with E-state index in [9.17, 15) is 4.39 Å². The van der Waals surface area contributed by atoms with Gasteiger partial charge in [0.05, 0.1) is 5.54 Å². The van der Waals surface area contributed by atoms with Crippen LogP contribution in [0.4, 0.5) is 4.39 Å². The highest BCUT2D eigenvalue weighted by Crippen LogP contribution is 2.34. The van der Waals surface area contributed by atoms with Crippen molar-refractivity contribution in [1.29, 1.82) is 0 Å². The molecule has 0 aliphatic heterocycles. The van der Waals surface area contributed by atoms with Crippen LogP contribution < -0.4 is 5.73 Å². The summed E-state index contributed by atoms with van der Waals surface area (Å²) in [5, 5.41) is 4.04. The van der Waals surface area contributed by atoms with Crippen molar-refractivity contribution in [3.8, 4) is 0 Å². The third-order valence-corrected chi connectivity index (χ3v) is 4.82. The van der Waals surface area contributed by atoms with E-state index in [2.05, 4.69) is 10.1 Å². The van der Waals surface area contributed by atoms with Gasteiger partial charge in [0.2, 0.25) is 5.89 Å². The van der Waals surface area contributed by atoms with Crippen molar-refractivity contribution in [1.82, 2.24) is 10.1 Å². The molecule has 3 rings (SSSR count). The monoisotopic (exact) mass is 343 g/mol. The molecule has 0 saturated heterocycles. The summed E-state index contributed by atoms with van der Waals surface area (Å²) < 4.78 is 18.1. The van der Waals surface area contributed by atoms with Gasteiger partial charge in [0, 0.05) is 17.1 Å². The number of hydrogen-bond donors (Lipinski definition) is 1. The zero-order chi connectivity index (χ0) is 14.7. The number of nitrogens with two attached hydrogens (primary N) is 1. The van der Waals surface area contributed by atoms with Crippen LogP contribution in [0.15, 0.2) is 33.7 Å². The zero-order valence-corrected chi connectivity index (χ0v) is 13.8. The molecule has 22 heavy (non-hydrogen) atoms. The first-order chi connectivity index (χ1) is 10.2. The highest BCUT2D eigenvalue weighted by molar-refractivity contribution is 7.99. The van der Waals surface area contributed by atoms with Gasteiger partial charge >= 0.3 is 0 Å². The molecule has 4 nitrogen and oxygen atoms in total. The Morgan fingerprint density at radius 2 is 1.91 bits per heavy atom. The second-order valence-corrected chi connectivity index (χ2v) is 6.60. The van der Waals surface area contributed by atoms with E-state index in [0.717, 1.165) is 36.3 Å². The fourth-order valence-electron chi connectivity index (χ4n) is 2.58. The molecule has 1 heterocycles. The first-order valence-corrected chi connectivity index (χ1v) is 8.15. The fraction of sp³-hybridized carbons (Fsp3) is 0.467. The summed E-state index contributed by atoms with van der Waals surface area (Å²) in [5.74, 6) is 1.86. The summed E-state index contributed by atoms with van der Waals surface area (Å²) in [6.45, 7) is 0. The first kappa shape index (κ1) is 17.2. The normalized spacial score (nSPS) is 16.5. The van der Waals surface area contributed by atoms with Crippen molar-refractivity contribution in [2.75, 3.05) is 5.75 Å². The molecule has 1 aliphatic rings. The Hall–Kier alpha value is -1.11. The number of halogens is 2. The molecule has 1 saturated carbocycles. The highest BCUT2D eigenvalue weighted by Gasteiger charge is 2.35. The number of aromatic nitrogens is 2. The van der Waals surface area contributed by atoms with Gasteiger partial charge in [-0.2, -0.15) is 4.98 Å². The number of aryl methyl sites for hydroxylation is 1. The molecular formula is C15H19ClFN3OS. The topological polar surface area (TPSA) is 64.9 Å². The lowest BCUT2D eigenvalue weighted by Gasteiger charge is -2.17. The van der Waals surface area contributed by atoms with Crippen LogP contribution in [0.5, 0.6) is 0 Å². The molecule has 0 amide bonds. The molecule has 0 atom stereocenters. The van der Waals surface area contributed by atoms with Gasteiger partial charge in [0.1, 0.15) is 5.82 Å². The summed E-state index contributed by atoms with van der Waals surface area (Å²) in [4.78, 5) is 5.46. The third-order valence-electron chi connectivity index (χ3n) is 3.81. The summed E-state index contributed by atoms with van der Waals surface area (Å²) in [6.07, 6.45) is 4.79. The lowest BCUT2D eigenvalue weighted by Crippen LogP contribution is -2.34. The Labute approximate surface area is 139 Å². The molecule has 0 spiro atoms. The largest absolute Gasteiger partial charge is 0.339 e. The van der Waals surface area contributed by atoms with Crippen LogP contribution in [0.2, 0.25) is 0 Å². The summed E-state index contributed by atoms with van der Waals surface area (Å²) in [5.41, 5.74) is 5.90. The summed E-state index contributed by atoms with van der Waals surface area (Å²) >= 11 is 1.64. The van der Waals surface area contributed by atoms with Crippen molar-refractivity contribution in [3.05, 3.63) is 41.8 Å². The molecule has 1 aromatic carbocycles. The number of hydrogen-bond acceptors (Lipinski definition) is 5. The van der Waals surface area contributed by atoms with E-state index in [1.165, 1.54) is 12.1 Å². The first-order valence-electron chi connectivity index (χ1n) is 7.16. The van der Waals surface area contributed by atoms with Crippen molar-refractivity contribution < 1.29 is 8.91 Å². The predicted octanol–water partition coefficient (Wildman–Crippen LogP) is 3.69. The molecular weight excluding hydrogens is 325 g/mol. The Balaban J connectivity index is 0.00000176. The second kappa shape index (κ2) is 7.44. The fourth-order valence-corrected chi connectivity index (χ4v) is 3.42. The molecule has 1 fully saturated rings. The van der Waals surface area contributed by atoms with Crippen LogP contribution in [0.3, 0.4) is 0 Å². The quantitative estimate of drug-likeness (QED) is 0.839. The molecule has 0 bridgehead atoms. The van der Waals surface area contributed by atoms with Gasteiger partial charge in [-0.1, -0.05) is 18.0 Å². The van der Waals surface area contributed by atoms with Crippen molar-refractivity contribution in [2.24, 2.45) is 5.73 Å². The number of nitrogens with zero attached hydrogens (tertiary/aromatic N) is 2. The molecule has 1 aliphatic carbocycles. The lowest BCUT2D eigenvalue weighted by atomic mass is 9.99. The molecule has 2 aromatic rings. The van der Waals surface area contributed by atoms with Crippen LogP contribution in [0.25, 0.3) is 0 Å². The minimum absolute atomic E-state index is 0. The smallest absolute Gasteiger partial charge is 0.227 e. The zero-order valence-electron chi connectivity index (χ0n) is 12.1. The second-order valence-electron chi connectivity index (χ2n) is 5.43. The SMILES string of the molecule is Cl.NC1(c2noc(CCSc3ccc(F)cc3)n2)CCCC1. The molecule has 120 valence electrons. The van der Waals surface area contributed by atoms with Crippen LogP contribution in [0.1, 0.15) is 37.4 Å². The number of rotatable bonds is 5. The number of benzene rings is 1. The standard InChI is InChI=1S/C15H18FN3OS.ClH/c16-11-3-5-12(6-4-11)21-10-7-13-18-14(19-20-13)15(17)8-1-2-9-15;/h3-6H,1-2,7-10,17H2;1H. The average molecular weight is 344 g/mol. The lowest BCUT2D eigenvalue weighted by molar-refractivity contribution is 0.351. The average Bonchev–Trinajstić information content (AvgIpc) is 3.11. The van der Waals surface area contributed by atoms with E-state index in [4.69, 9.17) is 10.3 Å². The van der Waals surface area contributed by atoms with Gasteiger partial charge in [-0.05, 0) is 37.1 Å². The van der Waals surface area contributed by atoms with E-state index in [0.29, 0.717) is 18.1 Å². The predicted molar refractivity (Wildman–Crippen MR) is 86.7 cm³/mol. The van der Waals surface area contributed by atoms with Gasteiger partial charge in [0.15, 0.2) is 5.82 Å². The van der Waals surface area contributed by atoms with Gasteiger partial charge in [-0.3, -0.25) is 0 Å². The van der Waals surface area contributed by atoms with Gasteiger partial charge in [-0.15, -0.1) is 24.2 Å². The third kappa shape index (κ3) is 4.00. The molecule has 7 heteroatoms. The van der Waals surface area contributed by atoms with Crippen molar-refractivity contribution in [2.45, 2.75) is 42.5 Å². The minimum Gasteiger partial charge on any atom is -0.339 e. The van der Waals surface area contributed by atoms with Crippen molar-refractivity contribution in [3.63, 3.8) is 0 Å². The van der Waals surface area contributed by atoms with E-state index in [1.807, 2.05) is 0 Å². The maximum atomic E-state index is 12.8. The molecule has 0 radical (unpaired) electrons. The maximum Gasteiger partial charge on any atom is 0.227 e. The van der Waals surface area contributed by atoms with E-state index < -0.39 is 5.54 Å². The van der Waals surface area contributed by atoms with Gasteiger partial charge in [0.25, 0.3) is 0 Å². The Kier molecular flexibility index (Phi) is 5.83. The van der Waals surface area contributed by atoms with Gasteiger partial charge < -0.3 is 10.3 Å². The van der Waals surface area contributed by atoms with Crippen molar-refractivity contribution >= 4 is 24.2 Å². The Bertz CT molecular complexity index is 599. The molecule has 2 N–H and O–H groups in total.